The Kier molecular flexibility index (Phi) is 6.31. The molecule has 1 amide bonds. The molecule has 0 spiro atoms. The average molecular weight is 455 g/mol. The Morgan fingerprint density at radius 2 is 1.62 bits per heavy atom. The van der Waals surface area contributed by atoms with Crippen molar-refractivity contribution in [3.05, 3.63) is 101 Å². The van der Waals surface area contributed by atoms with Gasteiger partial charge >= 0.3 is 0 Å². The minimum atomic E-state index is -0.225. The predicted molar refractivity (Wildman–Crippen MR) is 134 cm³/mol. The van der Waals surface area contributed by atoms with Crippen molar-refractivity contribution in [3.8, 4) is 5.75 Å². The fourth-order valence-corrected chi connectivity index (χ4v) is 3.89. The quantitative estimate of drug-likeness (QED) is 0.206. The maximum Gasteiger partial charge on any atom is 0.268 e. The number of benzene rings is 3. The van der Waals surface area contributed by atoms with Crippen LogP contribution in [0.5, 0.6) is 5.75 Å². The summed E-state index contributed by atoms with van der Waals surface area (Å²) in [6.07, 6.45) is 0. The third-order valence-electron chi connectivity index (χ3n) is 5.65. The van der Waals surface area contributed by atoms with Gasteiger partial charge < -0.3 is 26.1 Å². The molecule has 172 valence electrons. The zero-order valence-corrected chi connectivity index (χ0v) is 18.8. The lowest BCUT2D eigenvalue weighted by Crippen LogP contribution is -2.25. The van der Waals surface area contributed by atoms with Gasteiger partial charge in [-0.3, -0.25) is 15.6 Å². The summed E-state index contributed by atoms with van der Waals surface area (Å²) in [6, 6.07) is 22.1. The minimum absolute atomic E-state index is 0.00268. The maximum atomic E-state index is 13.3. The largest absolute Gasteiger partial charge is 0.496 e. The first-order chi connectivity index (χ1) is 16.4. The number of nitrogens with one attached hydrogen (secondary N) is 3. The SMILES string of the molecule is COc1cccc2c1cc(C(=O)NCc1ccc(C(=N)N)cc1)n2Cc1cccc(C(=N)N)c1. The Hall–Kier alpha value is -4.59. The van der Waals surface area contributed by atoms with Gasteiger partial charge in [-0.1, -0.05) is 48.5 Å². The minimum Gasteiger partial charge on any atom is -0.496 e. The number of rotatable bonds is 8. The topological polar surface area (TPSA) is 143 Å². The molecule has 0 aliphatic heterocycles. The van der Waals surface area contributed by atoms with Crippen LogP contribution in [0.1, 0.15) is 32.7 Å². The van der Waals surface area contributed by atoms with Crippen molar-refractivity contribution in [3.63, 3.8) is 0 Å². The predicted octanol–water partition coefficient (Wildman–Crippen LogP) is 3.20. The molecule has 0 radical (unpaired) electrons. The molecule has 4 rings (SSSR count). The number of hydrogen-bond donors (Lipinski definition) is 5. The molecule has 4 aromatic rings. The second kappa shape index (κ2) is 9.50. The van der Waals surface area contributed by atoms with Crippen molar-refractivity contribution in [2.45, 2.75) is 13.1 Å². The van der Waals surface area contributed by atoms with Crippen LogP contribution in [0.3, 0.4) is 0 Å². The number of fused-ring (bicyclic) bond motifs is 1. The second-order valence-corrected chi connectivity index (χ2v) is 7.92. The van der Waals surface area contributed by atoms with Crippen molar-refractivity contribution in [2.24, 2.45) is 11.5 Å². The number of aromatic nitrogens is 1. The first-order valence-corrected chi connectivity index (χ1v) is 10.7. The Morgan fingerprint density at radius 3 is 2.29 bits per heavy atom. The lowest BCUT2D eigenvalue weighted by atomic mass is 10.1. The smallest absolute Gasteiger partial charge is 0.268 e. The Labute approximate surface area is 197 Å². The van der Waals surface area contributed by atoms with Gasteiger partial charge in [-0.25, -0.2) is 0 Å². The van der Waals surface area contributed by atoms with Gasteiger partial charge in [0.15, 0.2) is 0 Å². The summed E-state index contributed by atoms with van der Waals surface area (Å²) in [5.41, 5.74) is 15.6. The number of amidine groups is 2. The molecule has 0 aliphatic rings. The van der Waals surface area contributed by atoms with Gasteiger partial charge in [0, 0.05) is 29.6 Å². The van der Waals surface area contributed by atoms with E-state index in [0.717, 1.165) is 22.0 Å². The Bertz CT molecular complexity index is 1390. The number of carbonyl (C=O) groups is 1. The molecule has 8 nitrogen and oxygen atoms in total. The first kappa shape index (κ1) is 22.6. The Morgan fingerprint density at radius 1 is 0.912 bits per heavy atom. The van der Waals surface area contributed by atoms with Crippen LogP contribution in [0, 0.1) is 10.8 Å². The second-order valence-electron chi connectivity index (χ2n) is 7.92. The summed E-state index contributed by atoms with van der Waals surface area (Å²) in [7, 11) is 1.60. The molecule has 0 atom stereocenters. The number of nitrogen functional groups attached to an aromatic ring is 2. The first-order valence-electron chi connectivity index (χ1n) is 10.7. The highest BCUT2D eigenvalue weighted by atomic mass is 16.5. The molecule has 0 bridgehead atoms. The van der Waals surface area contributed by atoms with Gasteiger partial charge in [0.25, 0.3) is 5.91 Å². The van der Waals surface area contributed by atoms with Crippen LogP contribution in [-0.4, -0.2) is 29.3 Å². The molecule has 8 heteroatoms. The number of nitrogens with two attached hydrogens (primary N) is 2. The van der Waals surface area contributed by atoms with E-state index in [1.807, 2.05) is 59.2 Å². The van der Waals surface area contributed by atoms with Crippen molar-refractivity contribution in [1.82, 2.24) is 9.88 Å². The maximum absolute atomic E-state index is 13.3. The molecule has 0 saturated heterocycles. The molecule has 0 unspecified atom stereocenters. The molecule has 0 fully saturated rings. The number of ether oxygens (including phenoxy) is 1. The highest BCUT2D eigenvalue weighted by Crippen LogP contribution is 2.29. The van der Waals surface area contributed by atoms with E-state index < -0.39 is 0 Å². The van der Waals surface area contributed by atoms with Gasteiger partial charge in [0.05, 0.1) is 12.6 Å². The Balaban J connectivity index is 1.66. The zero-order chi connectivity index (χ0) is 24.2. The number of methoxy groups -OCH3 is 1. The summed E-state index contributed by atoms with van der Waals surface area (Å²) < 4.78 is 7.45. The highest BCUT2D eigenvalue weighted by molar-refractivity contribution is 6.00. The van der Waals surface area contributed by atoms with Crippen LogP contribution in [0.4, 0.5) is 0 Å². The third kappa shape index (κ3) is 4.61. The lowest BCUT2D eigenvalue weighted by molar-refractivity contribution is 0.0942. The molecule has 34 heavy (non-hydrogen) atoms. The monoisotopic (exact) mass is 454 g/mol. The van der Waals surface area contributed by atoms with E-state index in [9.17, 15) is 4.79 Å². The molecule has 3 aromatic carbocycles. The lowest BCUT2D eigenvalue weighted by Gasteiger charge is -2.13. The van der Waals surface area contributed by atoms with Crippen molar-refractivity contribution in [1.29, 1.82) is 10.8 Å². The van der Waals surface area contributed by atoms with E-state index in [2.05, 4.69) is 5.32 Å². The van der Waals surface area contributed by atoms with E-state index >= 15 is 0 Å². The normalized spacial score (nSPS) is 10.7. The van der Waals surface area contributed by atoms with Crippen LogP contribution in [0.15, 0.2) is 72.8 Å². The number of hydrogen-bond acceptors (Lipinski definition) is 4. The van der Waals surface area contributed by atoms with Crippen LogP contribution in [-0.2, 0) is 13.1 Å². The van der Waals surface area contributed by atoms with Gasteiger partial charge in [0.2, 0.25) is 0 Å². The van der Waals surface area contributed by atoms with E-state index in [1.165, 1.54) is 0 Å². The van der Waals surface area contributed by atoms with Crippen LogP contribution >= 0.6 is 0 Å². The van der Waals surface area contributed by atoms with Crippen LogP contribution in [0.25, 0.3) is 10.9 Å². The van der Waals surface area contributed by atoms with Crippen LogP contribution < -0.4 is 21.5 Å². The van der Waals surface area contributed by atoms with E-state index in [4.69, 9.17) is 27.0 Å². The molecule has 0 aliphatic carbocycles. The van der Waals surface area contributed by atoms with E-state index in [-0.39, 0.29) is 17.6 Å². The fraction of sp³-hybridized carbons (Fsp3) is 0.115. The number of amides is 1. The van der Waals surface area contributed by atoms with Gasteiger partial charge in [-0.05, 0) is 35.4 Å². The molecule has 1 aromatic heterocycles. The summed E-state index contributed by atoms with van der Waals surface area (Å²) in [5.74, 6) is 0.455. The summed E-state index contributed by atoms with van der Waals surface area (Å²) in [5, 5.41) is 19.0. The summed E-state index contributed by atoms with van der Waals surface area (Å²) in [4.78, 5) is 13.3. The van der Waals surface area contributed by atoms with Crippen molar-refractivity contribution < 1.29 is 9.53 Å². The van der Waals surface area contributed by atoms with Crippen molar-refractivity contribution >= 4 is 28.5 Å². The third-order valence-corrected chi connectivity index (χ3v) is 5.65. The fourth-order valence-electron chi connectivity index (χ4n) is 3.89. The van der Waals surface area contributed by atoms with E-state index in [1.54, 1.807) is 25.3 Å². The molecular weight excluding hydrogens is 428 g/mol. The molecule has 1 heterocycles. The van der Waals surface area contributed by atoms with Gasteiger partial charge in [-0.2, -0.15) is 0 Å². The van der Waals surface area contributed by atoms with Gasteiger partial charge in [-0.15, -0.1) is 0 Å². The summed E-state index contributed by atoms with van der Waals surface area (Å²) in [6.45, 7) is 0.753. The average Bonchev–Trinajstić information content (AvgIpc) is 3.21. The standard InChI is InChI=1S/C26H26N6O2/c1-34-23-7-3-6-21-20(23)13-22(32(21)15-17-4-2-5-19(12-17)25(29)30)26(33)31-14-16-8-10-18(11-9-16)24(27)28/h2-13H,14-15H2,1H3,(H3,27,28)(H3,29,30)(H,31,33). The van der Waals surface area contributed by atoms with E-state index in [0.29, 0.717) is 35.7 Å². The van der Waals surface area contributed by atoms with Gasteiger partial charge in [0.1, 0.15) is 23.1 Å². The molecular formula is C26H26N6O2. The summed E-state index contributed by atoms with van der Waals surface area (Å²) >= 11 is 0. The molecule has 0 saturated carbocycles. The zero-order valence-electron chi connectivity index (χ0n) is 18.8. The van der Waals surface area contributed by atoms with Crippen LogP contribution in [0.2, 0.25) is 0 Å². The molecule has 7 N–H and O–H groups in total. The van der Waals surface area contributed by atoms with Crippen molar-refractivity contribution in [2.75, 3.05) is 7.11 Å². The highest BCUT2D eigenvalue weighted by Gasteiger charge is 2.18. The number of nitrogens with zero attached hydrogens (tertiary/aromatic N) is 1. The number of carbonyl (C=O) groups excluding carboxylic acids is 1.